The second kappa shape index (κ2) is 12.7. The molecule has 0 saturated carbocycles. The number of imidazole rings is 1. The zero-order chi connectivity index (χ0) is 25.4. The molecule has 2 aromatic rings. The number of aromatic nitrogens is 2. The molecule has 0 saturated heterocycles. The van der Waals surface area contributed by atoms with Gasteiger partial charge in [0, 0.05) is 24.0 Å². The minimum absolute atomic E-state index is 0.152. The van der Waals surface area contributed by atoms with E-state index in [1.54, 1.807) is 29.4 Å². The van der Waals surface area contributed by atoms with Gasteiger partial charge in [0.1, 0.15) is 12.9 Å². The van der Waals surface area contributed by atoms with Crippen LogP contribution < -0.4 is 4.74 Å². The van der Waals surface area contributed by atoms with Crippen LogP contribution in [0.5, 0.6) is 5.75 Å². The van der Waals surface area contributed by atoms with Gasteiger partial charge in [-0.1, -0.05) is 41.7 Å². The number of carbonyl (C=O) groups excluding carboxylic acids is 1. The first kappa shape index (κ1) is 29.4. The number of halogens is 3. The lowest BCUT2D eigenvalue weighted by molar-refractivity contribution is 0.184. The van der Waals surface area contributed by atoms with Crippen molar-refractivity contribution in [1.29, 1.82) is 0 Å². The molecule has 0 aliphatic carbocycles. The molecule has 16 heteroatoms. The average Bonchev–Trinajstić information content (AvgIpc) is 3.22. The molecule has 186 valence electrons. The monoisotopic (exact) mass is 565 g/mol. The first-order chi connectivity index (χ1) is 15.2. The van der Waals surface area contributed by atoms with Gasteiger partial charge in [-0.2, -0.15) is 16.8 Å². The summed E-state index contributed by atoms with van der Waals surface area (Å²) in [6, 6.07) is 2.97. The van der Waals surface area contributed by atoms with Gasteiger partial charge in [-0.3, -0.25) is 13.7 Å². The van der Waals surface area contributed by atoms with Gasteiger partial charge in [0.25, 0.3) is 20.2 Å². The van der Waals surface area contributed by atoms with E-state index in [-0.39, 0.29) is 12.6 Å². The number of rotatable bonds is 8. The summed E-state index contributed by atoms with van der Waals surface area (Å²) in [5, 5.41) is 1.12. The van der Waals surface area contributed by atoms with Crippen LogP contribution >= 0.6 is 34.8 Å². The van der Waals surface area contributed by atoms with Gasteiger partial charge in [-0.25, -0.2) is 9.78 Å². The number of nitrogens with zero attached hydrogens (tertiary/aromatic N) is 3. The SMILES string of the molecule is CC(S(=O)(=O)O)S(=O)(=O)O.CCCN(CCOc1c(Cl)cc(Cl)cc1Cl)C(=O)n1ccnc1. The van der Waals surface area contributed by atoms with Crippen molar-refractivity contribution in [2.75, 3.05) is 19.7 Å². The van der Waals surface area contributed by atoms with Crippen LogP contribution in [0.25, 0.3) is 0 Å². The Bertz CT molecular complexity index is 1090. The zero-order valence-corrected chi connectivity index (χ0v) is 21.3. The minimum Gasteiger partial charge on any atom is -0.489 e. The van der Waals surface area contributed by atoms with Crippen LogP contribution in [0.4, 0.5) is 4.79 Å². The second-order valence-electron chi connectivity index (χ2n) is 6.38. The number of ether oxygens (including phenoxy) is 1. The van der Waals surface area contributed by atoms with Gasteiger partial charge in [0.2, 0.25) is 4.58 Å². The average molecular weight is 567 g/mol. The summed E-state index contributed by atoms with van der Waals surface area (Å²) in [6.45, 7) is 3.94. The molecule has 2 N–H and O–H groups in total. The smallest absolute Gasteiger partial charge is 0.329 e. The van der Waals surface area contributed by atoms with Crippen molar-refractivity contribution in [2.45, 2.75) is 24.9 Å². The molecule has 1 aromatic heterocycles. The van der Waals surface area contributed by atoms with E-state index < -0.39 is 24.8 Å². The van der Waals surface area contributed by atoms with Crippen LogP contribution in [-0.4, -0.2) is 70.7 Å². The summed E-state index contributed by atoms with van der Waals surface area (Å²) < 4.78 is 61.0. The predicted molar refractivity (Wildman–Crippen MR) is 124 cm³/mol. The predicted octanol–water partition coefficient (Wildman–Crippen LogP) is 3.71. The van der Waals surface area contributed by atoms with Gasteiger partial charge in [-0.15, -0.1) is 0 Å². The van der Waals surface area contributed by atoms with Gasteiger partial charge in [0.15, 0.2) is 5.75 Å². The highest BCUT2D eigenvalue weighted by atomic mass is 35.5. The molecule has 1 aromatic carbocycles. The molecule has 0 aliphatic heterocycles. The first-order valence-electron chi connectivity index (χ1n) is 9.15. The van der Waals surface area contributed by atoms with Crippen LogP contribution in [-0.2, 0) is 20.2 Å². The van der Waals surface area contributed by atoms with Crippen molar-refractivity contribution in [1.82, 2.24) is 14.5 Å². The molecule has 33 heavy (non-hydrogen) atoms. The van der Waals surface area contributed by atoms with Crippen molar-refractivity contribution in [3.8, 4) is 5.75 Å². The number of carbonyl (C=O) groups is 1. The molecule has 0 aliphatic rings. The molecule has 0 atom stereocenters. The van der Waals surface area contributed by atoms with E-state index in [0.29, 0.717) is 40.8 Å². The molecular formula is C17H22Cl3N3O8S2. The quantitative estimate of drug-likeness (QED) is 0.455. The molecule has 0 bridgehead atoms. The summed E-state index contributed by atoms with van der Waals surface area (Å²) in [5.74, 6) is 0.365. The summed E-state index contributed by atoms with van der Waals surface area (Å²) in [6.07, 6.45) is 5.48. The maximum atomic E-state index is 12.3. The number of amides is 1. The normalized spacial score (nSPS) is 11.6. The topological polar surface area (TPSA) is 156 Å². The van der Waals surface area contributed by atoms with Crippen molar-refractivity contribution in [3.05, 3.63) is 45.9 Å². The van der Waals surface area contributed by atoms with Crippen LogP contribution in [0, 0.1) is 0 Å². The van der Waals surface area contributed by atoms with Crippen LogP contribution in [0.15, 0.2) is 30.9 Å². The Hall–Kier alpha value is -1.61. The standard InChI is InChI=1S/C15H16Cl3N3O2.C2H6O6S2/c1-2-4-20(15(22)21-5-3-19-10-21)6-7-23-14-12(17)8-11(16)9-13(14)18;1-2(9(3,4)5)10(6,7)8/h3,5,8-10H,2,4,6-7H2,1H3;2H,1H3,(H,3,4,5)(H,6,7,8). The first-order valence-corrected chi connectivity index (χ1v) is 13.3. The third-order valence-corrected chi connectivity index (χ3v) is 7.82. The Morgan fingerprint density at radius 2 is 1.67 bits per heavy atom. The molecule has 11 nitrogen and oxygen atoms in total. The lowest BCUT2D eigenvalue weighted by Gasteiger charge is -2.22. The van der Waals surface area contributed by atoms with E-state index in [1.807, 2.05) is 6.92 Å². The highest BCUT2D eigenvalue weighted by Crippen LogP contribution is 2.35. The Morgan fingerprint density at radius 3 is 2.06 bits per heavy atom. The molecular weight excluding hydrogens is 545 g/mol. The van der Waals surface area contributed by atoms with E-state index >= 15 is 0 Å². The largest absolute Gasteiger partial charge is 0.489 e. The van der Waals surface area contributed by atoms with Crippen molar-refractivity contribution >= 4 is 61.1 Å². The van der Waals surface area contributed by atoms with E-state index in [0.717, 1.165) is 6.42 Å². The Balaban J connectivity index is 0.000000461. The number of hydrogen-bond donors (Lipinski definition) is 2. The second-order valence-corrected chi connectivity index (χ2v) is 11.4. The molecule has 0 spiro atoms. The van der Waals surface area contributed by atoms with E-state index in [4.69, 9.17) is 48.6 Å². The van der Waals surface area contributed by atoms with Crippen molar-refractivity contribution < 1.29 is 35.5 Å². The van der Waals surface area contributed by atoms with E-state index in [9.17, 15) is 21.6 Å². The number of hydrogen-bond acceptors (Lipinski definition) is 7. The fourth-order valence-corrected chi connectivity index (χ4v) is 4.34. The highest BCUT2D eigenvalue weighted by Gasteiger charge is 2.29. The summed E-state index contributed by atoms with van der Waals surface area (Å²) in [4.78, 5) is 17.9. The highest BCUT2D eigenvalue weighted by molar-refractivity contribution is 8.03. The summed E-state index contributed by atoms with van der Waals surface area (Å²) >= 11 is 18.0. The fourth-order valence-electron chi connectivity index (χ4n) is 2.19. The van der Waals surface area contributed by atoms with E-state index in [1.165, 1.54) is 10.9 Å². The molecule has 2 rings (SSSR count). The lowest BCUT2D eigenvalue weighted by atomic mass is 10.3. The summed E-state index contributed by atoms with van der Waals surface area (Å²) in [7, 11) is -9.40. The fraction of sp³-hybridized carbons (Fsp3) is 0.412. The van der Waals surface area contributed by atoms with Gasteiger partial charge >= 0.3 is 6.03 Å². The van der Waals surface area contributed by atoms with Crippen LogP contribution in [0.2, 0.25) is 15.1 Å². The molecule has 1 heterocycles. The third kappa shape index (κ3) is 9.65. The molecule has 0 fully saturated rings. The molecule has 0 unspecified atom stereocenters. The van der Waals surface area contributed by atoms with Crippen molar-refractivity contribution in [3.63, 3.8) is 0 Å². The summed E-state index contributed by atoms with van der Waals surface area (Å²) in [5.41, 5.74) is 0. The van der Waals surface area contributed by atoms with Crippen LogP contribution in [0.1, 0.15) is 20.3 Å². The lowest BCUT2D eigenvalue weighted by Crippen LogP contribution is -2.37. The zero-order valence-electron chi connectivity index (χ0n) is 17.4. The molecule has 0 radical (unpaired) electrons. The van der Waals surface area contributed by atoms with Crippen LogP contribution in [0.3, 0.4) is 0 Å². The van der Waals surface area contributed by atoms with E-state index in [2.05, 4.69) is 4.98 Å². The van der Waals surface area contributed by atoms with Gasteiger partial charge < -0.3 is 9.64 Å². The Labute approximate surface area is 206 Å². The maximum absolute atomic E-state index is 12.3. The maximum Gasteiger partial charge on any atom is 0.329 e. The number of benzene rings is 1. The minimum atomic E-state index is -4.70. The Kier molecular flexibility index (Phi) is 11.4. The van der Waals surface area contributed by atoms with Gasteiger partial charge in [0.05, 0.1) is 16.6 Å². The Morgan fingerprint density at radius 1 is 1.12 bits per heavy atom. The third-order valence-electron chi connectivity index (χ3n) is 3.90. The molecule has 1 amide bonds. The van der Waals surface area contributed by atoms with Gasteiger partial charge in [-0.05, 0) is 25.5 Å². The van der Waals surface area contributed by atoms with Crippen molar-refractivity contribution in [2.24, 2.45) is 0 Å².